The molecule has 21 heavy (non-hydrogen) atoms. The molecule has 0 aliphatic heterocycles. The number of ether oxygens (including phenoxy) is 1. The number of benzene rings is 1. The molecular weight excluding hydrogens is 266 g/mol. The first-order valence-electron chi connectivity index (χ1n) is 7.34. The Bertz CT molecular complexity index is 489. The maximum absolute atomic E-state index is 11.3. The summed E-state index contributed by atoms with van der Waals surface area (Å²) in [5.74, 6) is -0.132. The van der Waals surface area contributed by atoms with E-state index in [1.165, 1.54) is 0 Å². The predicted molar refractivity (Wildman–Crippen MR) is 85.1 cm³/mol. The van der Waals surface area contributed by atoms with Crippen molar-refractivity contribution >= 4 is 5.97 Å². The second-order valence-electron chi connectivity index (χ2n) is 6.77. The summed E-state index contributed by atoms with van der Waals surface area (Å²) >= 11 is 0. The van der Waals surface area contributed by atoms with Crippen molar-refractivity contribution in [2.75, 3.05) is 6.61 Å². The van der Waals surface area contributed by atoms with Crippen molar-refractivity contribution in [3.05, 3.63) is 29.3 Å². The van der Waals surface area contributed by atoms with Crippen LogP contribution in [0.4, 0.5) is 0 Å². The Morgan fingerprint density at radius 3 is 2.43 bits per heavy atom. The van der Waals surface area contributed by atoms with E-state index in [-0.39, 0.29) is 18.1 Å². The number of hydrogen-bond donors (Lipinski definition) is 2. The van der Waals surface area contributed by atoms with E-state index in [1.807, 2.05) is 26.8 Å². The van der Waals surface area contributed by atoms with Crippen molar-refractivity contribution in [1.82, 2.24) is 5.32 Å². The van der Waals surface area contributed by atoms with E-state index in [2.05, 4.69) is 38.2 Å². The second kappa shape index (κ2) is 6.94. The van der Waals surface area contributed by atoms with E-state index < -0.39 is 12.0 Å². The Labute approximate surface area is 127 Å². The molecule has 0 radical (unpaired) electrons. The highest BCUT2D eigenvalue weighted by atomic mass is 16.5. The second-order valence-corrected chi connectivity index (χ2v) is 6.77. The number of carboxylic acids is 1. The average Bonchev–Trinajstić information content (AvgIpc) is 2.32. The zero-order valence-corrected chi connectivity index (χ0v) is 13.9. The van der Waals surface area contributed by atoms with Crippen LogP contribution in [0.5, 0.6) is 5.75 Å². The van der Waals surface area contributed by atoms with E-state index in [1.54, 1.807) is 0 Å². The fourth-order valence-corrected chi connectivity index (χ4v) is 2.13. The minimum absolute atomic E-state index is 0.0484. The molecule has 0 saturated heterocycles. The molecule has 0 aromatic heterocycles. The minimum atomic E-state index is -0.895. The van der Waals surface area contributed by atoms with Gasteiger partial charge in [-0.25, -0.2) is 0 Å². The number of nitrogens with one attached hydrogen (secondary N) is 1. The largest absolute Gasteiger partial charge is 0.491 e. The van der Waals surface area contributed by atoms with E-state index >= 15 is 0 Å². The Morgan fingerprint density at radius 2 is 1.95 bits per heavy atom. The molecule has 4 nitrogen and oxygen atoms in total. The maximum Gasteiger partial charge on any atom is 0.324 e. The lowest BCUT2D eigenvalue weighted by molar-refractivity contribution is -0.140. The molecule has 0 bridgehead atoms. The molecule has 0 aliphatic carbocycles. The van der Waals surface area contributed by atoms with Crippen LogP contribution in [0, 0.1) is 6.92 Å². The van der Waals surface area contributed by atoms with Crippen LogP contribution < -0.4 is 10.1 Å². The van der Waals surface area contributed by atoms with Crippen molar-refractivity contribution < 1.29 is 14.6 Å². The summed E-state index contributed by atoms with van der Waals surface area (Å²) in [5.41, 5.74) is 2.14. The van der Waals surface area contributed by atoms with Crippen molar-refractivity contribution in [3.63, 3.8) is 0 Å². The van der Waals surface area contributed by atoms with E-state index in [4.69, 9.17) is 4.74 Å². The molecule has 0 spiro atoms. The lowest BCUT2D eigenvalue weighted by Crippen LogP contribution is -2.45. The third kappa shape index (κ3) is 5.38. The van der Waals surface area contributed by atoms with Gasteiger partial charge in [0, 0.05) is 6.04 Å². The number of carbonyl (C=O) groups is 1. The molecule has 0 amide bonds. The molecule has 0 saturated carbocycles. The van der Waals surface area contributed by atoms with Gasteiger partial charge in [-0.05, 0) is 29.5 Å². The third-order valence-electron chi connectivity index (χ3n) is 3.18. The van der Waals surface area contributed by atoms with Gasteiger partial charge in [-0.2, -0.15) is 0 Å². The van der Waals surface area contributed by atoms with Crippen LogP contribution >= 0.6 is 0 Å². The van der Waals surface area contributed by atoms with Gasteiger partial charge in [-0.3, -0.25) is 10.1 Å². The number of aliphatic carboxylic acids is 1. The summed E-state index contributed by atoms with van der Waals surface area (Å²) in [7, 11) is 0. The SMILES string of the molecule is Cc1ccc(C(C)(C)C)c(OCC(NC(C)C)C(=O)O)c1. The average molecular weight is 293 g/mol. The summed E-state index contributed by atoms with van der Waals surface area (Å²) in [6.07, 6.45) is 0. The molecule has 1 unspecified atom stereocenters. The first-order chi connectivity index (χ1) is 9.61. The van der Waals surface area contributed by atoms with Crippen LogP contribution in [0.2, 0.25) is 0 Å². The Balaban J connectivity index is 2.91. The first kappa shape index (κ1) is 17.5. The molecule has 1 aromatic rings. The van der Waals surface area contributed by atoms with Gasteiger partial charge in [-0.15, -0.1) is 0 Å². The topological polar surface area (TPSA) is 58.6 Å². The van der Waals surface area contributed by atoms with Crippen LogP contribution in [0.15, 0.2) is 18.2 Å². The number of aryl methyl sites for hydroxylation is 1. The fraction of sp³-hybridized carbons (Fsp3) is 0.588. The molecule has 2 N–H and O–H groups in total. The van der Waals surface area contributed by atoms with Gasteiger partial charge in [0.1, 0.15) is 18.4 Å². The molecule has 1 aromatic carbocycles. The van der Waals surface area contributed by atoms with Crippen LogP contribution in [0.3, 0.4) is 0 Å². The summed E-state index contributed by atoms with van der Waals surface area (Å²) in [6.45, 7) is 12.3. The fourth-order valence-electron chi connectivity index (χ4n) is 2.13. The normalized spacial score (nSPS) is 13.3. The summed E-state index contributed by atoms with van der Waals surface area (Å²) in [5, 5.41) is 12.2. The Hall–Kier alpha value is -1.55. The molecular formula is C17H27NO3. The van der Waals surface area contributed by atoms with Gasteiger partial charge in [0.05, 0.1) is 0 Å². The molecule has 1 rings (SSSR count). The third-order valence-corrected chi connectivity index (χ3v) is 3.18. The minimum Gasteiger partial charge on any atom is -0.491 e. The quantitative estimate of drug-likeness (QED) is 0.846. The van der Waals surface area contributed by atoms with Gasteiger partial charge < -0.3 is 9.84 Å². The van der Waals surface area contributed by atoms with Crippen molar-refractivity contribution in [1.29, 1.82) is 0 Å². The lowest BCUT2D eigenvalue weighted by atomic mass is 9.86. The highest BCUT2D eigenvalue weighted by molar-refractivity contribution is 5.73. The highest BCUT2D eigenvalue weighted by Crippen LogP contribution is 2.32. The molecule has 118 valence electrons. The predicted octanol–water partition coefficient (Wildman–Crippen LogP) is 3.12. The van der Waals surface area contributed by atoms with E-state index in [0.717, 1.165) is 16.9 Å². The lowest BCUT2D eigenvalue weighted by Gasteiger charge is -2.25. The van der Waals surface area contributed by atoms with Crippen LogP contribution in [-0.4, -0.2) is 29.8 Å². The summed E-state index contributed by atoms with van der Waals surface area (Å²) in [4.78, 5) is 11.3. The van der Waals surface area contributed by atoms with Crippen LogP contribution in [0.25, 0.3) is 0 Å². The first-order valence-corrected chi connectivity index (χ1v) is 7.34. The van der Waals surface area contributed by atoms with Crippen LogP contribution in [0.1, 0.15) is 45.7 Å². The summed E-state index contributed by atoms with van der Waals surface area (Å²) in [6, 6.07) is 5.45. The van der Waals surface area contributed by atoms with Gasteiger partial charge in [0.15, 0.2) is 0 Å². The van der Waals surface area contributed by atoms with Crippen molar-refractivity contribution in [2.24, 2.45) is 0 Å². The Morgan fingerprint density at radius 1 is 1.33 bits per heavy atom. The molecule has 1 atom stereocenters. The summed E-state index contributed by atoms with van der Waals surface area (Å²) < 4.78 is 5.83. The Kier molecular flexibility index (Phi) is 5.78. The smallest absolute Gasteiger partial charge is 0.324 e. The van der Waals surface area contributed by atoms with Gasteiger partial charge in [0.2, 0.25) is 0 Å². The van der Waals surface area contributed by atoms with Crippen molar-refractivity contribution in [2.45, 2.75) is 59.0 Å². The number of rotatable bonds is 6. The molecule has 0 aliphatic rings. The standard InChI is InChI=1S/C17H27NO3/c1-11(2)18-14(16(19)20)10-21-15-9-12(3)7-8-13(15)17(4,5)6/h7-9,11,14,18H,10H2,1-6H3,(H,19,20). The maximum atomic E-state index is 11.3. The van der Waals surface area contributed by atoms with E-state index in [0.29, 0.717) is 0 Å². The van der Waals surface area contributed by atoms with Crippen molar-refractivity contribution in [3.8, 4) is 5.75 Å². The highest BCUT2D eigenvalue weighted by Gasteiger charge is 2.22. The number of carboxylic acid groups (broad SMARTS) is 1. The zero-order valence-electron chi connectivity index (χ0n) is 13.9. The zero-order chi connectivity index (χ0) is 16.2. The molecule has 0 heterocycles. The van der Waals surface area contributed by atoms with E-state index in [9.17, 15) is 9.90 Å². The van der Waals surface area contributed by atoms with Gasteiger partial charge in [-0.1, -0.05) is 46.8 Å². The number of hydrogen-bond acceptors (Lipinski definition) is 3. The molecule has 0 fully saturated rings. The van der Waals surface area contributed by atoms with Gasteiger partial charge in [0.25, 0.3) is 0 Å². The van der Waals surface area contributed by atoms with Crippen LogP contribution in [-0.2, 0) is 10.2 Å². The van der Waals surface area contributed by atoms with Gasteiger partial charge >= 0.3 is 5.97 Å². The monoisotopic (exact) mass is 293 g/mol. The molecule has 4 heteroatoms.